The Morgan fingerprint density at radius 3 is 2.33 bits per heavy atom. The van der Waals surface area contributed by atoms with E-state index >= 15 is 0 Å². The van der Waals surface area contributed by atoms with Crippen LogP contribution in [0, 0.1) is 0 Å². The lowest BCUT2D eigenvalue weighted by molar-refractivity contribution is 0.0810. The van der Waals surface area contributed by atoms with E-state index in [0.29, 0.717) is 5.54 Å². The van der Waals surface area contributed by atoms with E-state index in [4.69, 9.17) is 5.73 Å². The number of nitrogens with zero attached hydrogens (tertiary/aromatic N) is 1. The molecule has 0 aromatic carbocycles. The van der Waals surface area contributed by atoms with Gasteiger partial charge in [0.2, 0.25) is 0 Å². The molecule has 90 valence electrons. The van der Waals surface area contributed by atoms with Crippen molar-refractivity contribution in [1.29, 1.82) is 0 Å². The summed E-state index contributed by atoms with van der Waals surface area (Å²) in [5.74, 6) is 0. The SMILES string of the molecule is CCCCCN(C)C1(CN)CCCCC1. The molecule has 2 nitrogen and oxygen atoms in total. The maximum Gasteiger partial charge on any atom is 0.0328 e. The molecule has 1 aliphatic rings. The topological polar surface area (TPSA) is 29.3 Å². The second-order valence-corrected chi connectivity index (χ2v) is 5.12. The van der Waals surface area contributed by atoms with Crippen LogP contribution in [0.5, 0.6) is 0 Å². The van der Waals surface area contributed by atoms with Crippen LogP contribution in [0.15, 0.2) is 0 Å². The summed E-state index contributed by atoms with van der Waals surface area (Å²) < 4.78 is 0. The van der Waals surface area contributed by atoms with Crippen LogP contribution in [0.25, 0.3) is 0 Å². The first-order chi connectivity index (χ1) is 7.25. The number of hydrogen-bond acceptors (Lipinski definition) is 2. The third kappa shape index (κ3) is 3.46. The predicted octanol–water partition coefficient (Wildman–Crippen LogP) is 2.77. The fourth-order valence-corrected chi connectivity index (χ4v) is 2.79. The minimum Gasteiger partial charge on any atom is -0.329 e. The summed E-state index contributed by atoms with van der Waals surface area (Å²) in [6.07, 6.45) is 10.8. The smallest absolute Gasteiger partial charge is 0.0328 e. The Hall–Kier alpha value is -0.0800. The Kier molecular flexibility index (Phi) is 5.62. The van der Waals surface area contributed by atoms with Crippen molar-refractivity contribution in [1.82, 2.24) is 4.90 Å². The Balaban J connectivity index is 2.40. The van der Waals surface area contributed by atoms with Gasteiger partial charge in [0, 0.05) is 12.1 Å². The van der Waals surface area contributed by atoms with Crippen molar-refractivity contribution in [3.8, 4) is 0 Å². The second kappa shape index (κ2) is 6.49. The van der Waals surface area contributed by atoms with Gasteiger partial charge in [0.15, 0.2) is 0 Å². The molecule has 15 heavy (non-hydrogen) atoms. The van der Waals surface area contributed by atoms with E-state index in [1.807, 2.05) is 0 Å². The van der Waals surface area contributed by atoms with Crippen LogP contribution in [-0.4, -0.2) is 30.6 Å². The third-order valence-electron chi connectivity index (χ3n) is 4.07. The highest BCUT2D eigenvalue weighted by Gasteiger charge is 2.33. The molecule has 1 rings (SSSR count). The van der Waals surface area contributed by atoms with Gasteiger partial charge in [-0.3, -0.25) is 4.90 Å². The van der Waals surface area contributed by atoms with Gasteiger partial charge >= 0.3 is 0 Å². The van der Waals surface area contributed by atoms with Gasteiger partial charge in [-0.05, 0) is 32.9 Å². The molecule has 0 aromatic rings. The first kappa shape index (κ1) is 13.0. The number of nitrogens with two attached hydrogens (primary N) is 1. The second-order valence-electron chi connectivity index (χ2n) is 5.12. The Morgan fingerprint density at radius 2 is 1.80 bits per heavy atom. The molecule has 0 amide bonds. The molecule has 2 N–H and O–H groups in total. The Labute approximate surface area is 95.2 Å². The molecular weight excluding hydrogens is 184 g/mol. The summed E-state index contributed by atoms with van der Waals surface area (Å²) in [6, 6.07) is 0. The maximum absolute atomic E-state index is 6.00. The summed E-state index contributed by atoms with van der Waals surface area (Å²) in [4.78, 5) is 2.54. The van der Waals surface area contributed by atoms with Crippen LogP contribution in [-0.2, 0) is 0 Å². The quantitative estimate of drug-likeness (QED) is 0.686. The zero-order valence-corrected chi connectivity index (χ0v) is 10.6. The molecule has 0 unspecified atom stereocenters. The molecule has 0 atom stereocenters. The summed E-state index contributed by atoms with van der Waals surface area (Å²) in [6.45, 7) is 4.33. The highest BCUT2D eigenvalue weighted by atomic mass is 15.2. The van der Waals surface area contributed by atoms with Crippen LogP contribution >= 0.6 is 0 Å². The third-order valence-corrected chi connectivity index (χ3v) is 4.07. The van der Waals surface area contributed by atoms with Crippen LogP contribution in [0.1, 0.15) is 58.3 Å². The number of unbranched alkanes of at least 4 members (excludes halogenated alkanes) is 2. The summed E-state index contributed by atoms with van der Waals surface area (Å²) in [5, 5.41) is 0. The molecule has 0 saturated heterocycles. The molecule has 0 aromatic heterocycles. The average molecular weight is 212 g/mol. The molecule has 2 heteroatoms. The van der Waals surface area contributed by atoms with Gasteiger partial charge in [-0.2, -0.15) is 0 Å². The van der Waals surface area contributed by atoms with Crippen LogP contribution in [0.2, 0.25) is 0 Å². The van der Waals surface area contributed by atoms with E-state index in [9.17, 15) is 0 Å². The van der Waals surface area contributed by atoms with E-state index in [-0.39, 0.29) is 0 Å². The first-order valence-electron chi connectivity index (χ1n) is 6.66. The molecule has 0 bridgehead atoms. The van der Waals surface area contributed by atoms with E-state index < -0.39 is 0 Å². The van der Waals surface area contributed by atoms with Gasteiger partial charge in [-0.15, -0.1) is 0 Å². The molecule has 0 heterocycles. The summed E-state index contributed by atoms with van der Waals surface area (Å²) in [7, 11) is 2.27. The van der Waals surface area contributed by atoms with Crippen molar-refractivity contribution < 1.29 is 0 Å². The van der Waals surface area contributed by atoms with E-state index in [2.05, 4.69) is 18.9 Å². The maximum atomic E-state index is 6.00. The molecule has 0 radical (unpaired) electrons. The number of rotatable bonds is 6. The molecular formula is C13H28N2. The van der Waals surface area contributed by atoms with Gasteiger partial charge in [-0.25, -0.2) is 0 Å². The normalized spacial score (nSPS) is 20.8. The van der Waals surface area contributed by atoms with Crippen molar-refractivity contribution in [2.45, 2.75) is 63.8 Å². The molecule has 1 aliphatic carbocycles. The molecule has 0 aliphatic heterocycles. The molecule has 0 spiro atoms. The van der Waals surface area contributed by atoms with Crippen molar-refractivity contribution >= 4 is 0 Å². The largest absolute Gasteiger partial charge is 0.329 e. The van der Waals surface area contributed by atoms with Crippen molar-refractivity contribution in [2.75, 3.05) is 20.1 Å². The number of likely N-dealkylation sites (N-methyl/N-ethyl adjacent to an activating group) is 1. The van der Waals surface area contributed by atoms with Gasteiger partial charge in [0.1, 0.15) is 0 Å². The summed E-state index contributed by atoms with van der Waals surface area (Å²) >= 11 is 0. The molecule has 1 saturated carbocycles. The Bertz CT molecular complexity index is 162. The van der Waals surface area contributed by atoms with Crippen LogP contribution < -0.4 is 5.73 Å². The van der Waals surface area contributed by atoms with Crippen molar-refractivity contribution in [3.63, 3.8) is 0 Å². The highest BCUT2D eigenvalue weighted by Crippen LogP contribution is 2.32. The minimum absolute atomic E-state index is 0.339. The van der Waals surface area contributed by atoms with Gasteiger partial charge in [-0.1, -0.05) is 39.0 Å². The van der Waals surface area contributed by atoms with E-state index in [1.165, 1.54) is 57.9 Å². The zero-order chi connectivity index (χ0) is 11.1. The van der Waals surface area contributed by atoms with E-state index in [0.717, 1.165) is 6.54 Å². The molecule has 1 fully saturated rings. The van der Waals surface area contributed by atoms with Crippen LogP contribution in [0.4, 0.5) is 0 Å². The number of hydrogen-bond donors (Lipinski definition) is 1. The zero-order valence-electron chi connectivity index (χ0n) is 10.6. The lowest BCUT2D eigenvalue weighted by atomic mass is 9.80. The Morgan fingerprint density at radius 1 is 1.13 bits per heavy atom. The monoisotopic (exact) mass is 212 g/mol. The minimum atomic E-state index is 0.339. The fourth-order valence-electron chi connectivity index (χ4n) is 2.79. The lowest BCUT2D eigenvalue weighted by Crippen LogP contribution is -2.53. The van der Waals surface area contributed by atoms with Crippen LogP contribution in [0.3, 0.4) is 0 Å². The van der Waals surface area contributed by atoms with Crippen molar-refractivity contribution in [3.05, 3.63) is 0 Å². The predicted molar refractivity (Wildman–Crippen MR) is 67.0 cm³/mol. The highest BCUT2D eigenvalue weighted by molar-refractivity contribution is 4.92. The fraction of sp³-hybridized carbons (Fsp3) is 1.00. The van der Waals surface area contributed by atoms with Gasteiger partial charge in [0.25, 0.3) is 0 Å². The van der Waals surface area contributed by atoms with Gasteiger partial charge < -0.3 is 5.73 Å². The van der Waals surface area contributed by atoms with E-state index in [1.54, 1.807) is 0 Å². The first-order valence-corrected chi connectivity index (χ1v) is 6.66. The average Bonchev–Trinajstić information content (AvgIpc) is 2.30. The lowest BCUT2D eigenvalue weighted by Gasteiger charge is -2.44. The standard InChI is InChI=1S/C13H28N2/c1-3-4-8-11-15(2)13(12-14)9-6-5-7-10-13/h3-12,14H2,1-2H3. The van der Waals surface area contributed by atoms with Gasteiger partial charge in [0.05, 0.1) is 0 Å². The summed E-state index contributed by atoms with van der Waals surface area (Å²) in [5.41, 5.74) is 6.34. The van der Waals surface area contributed by atoms with Crippen molar-refractivity contribution in [2.24, 2.45) is 5.73 Å².